The molecule has 1 heterocycles. The second kappa shape index (κ2) is 5.44. The smallest absolute Gasteiger partial charge is 0.124 e. The molecule has 0 aliphatic carbocycles. The van der Waals surface area contributed by atoms with Gasteiger partial charge in [0, 0.05) is 11.4 Å². The molecule has 2 rings (SSSR count). The molecule has 1 aromatic carbocycles. The van der Waals surface area contributed by atoms with Crippen LogP contribution in [0.15, 0.2) is 35.2 Å². The van der Waals surface area contributed by atoms with Gasteiger partial charge in [-0.25, -0.2) is 4.39 Å². The number of aryl methyl sites for hydroxylation is 2. The summed E-state index contributed by atoms with van der Waals surface area (Å²) < 4.78 is 27.0. The first-order valence-corrected chi connectivity index (χ1v) is 7.09. The molecule has 0 N–H and O–H groups in total. The van der Waals surface area contributed by atoms with Gasteiger partial charge in [0.05, 0.1) is 27.9 Å². The number of aromatic nitrogens is 2. The molecule has 0 amide bonds. The summed E-state index contributed by atoms with van der Waals surface area (Å²) >= 11 is 0. The predicted molar refractivity (Wildman–Crippen MR) is 69.2 cm³/mol. The van der Waals surface area contributed by atoms with Gasteiger partial charge in [0.2, 0.25) is 0 Å². The van der Waals surface area contributed by atoms with Gasteiger partial charge >= 0.3 is 0 Å². The van der Waals surface area contributed by atoms with E-state index in [1.807, 2.05) is 24.6 Å². The fourth-order valence-corrected chi connectivity index (χ4v) is 2.96. The van der Waals surface area contributed by atoms with Crippen molar-refractivity contribution in [3.8, 4) is 0 Å². The van der Waals surface area contributed by atoms with E-state index in [-0.39, 0.29) is 5.82 Å². The van der Waals surface area contributed by atoms with Gasteiger partial charge in [0.1, 0.15) is 5.82 Å². The maximum atomic E-state index is 13.1. The van der Waals surface area contributed by atoms with Crippen molar-refractivity contribution in [1.29, 1.82) is 0 Å². The van der Waals surface area contributed by atoms with Crippen LogP contribution in [-0.2, 0) is 23.1 Å². The summed E-state index contributed by atoms with van der Waals surface area (Å²) in [6.45, 7) is 4.63. The number of halogens is 1. The molecule has 0 radical (unpaired) electrons. The molecule has 0 aliphatic heterocycles. The van der Waals surface area contributed by atoms with Crippen molar-refractivity contribution in [2.45, 2.75) is 31.0 Å². The molecule has 0 saturated heterocycles. The third kappa shape index (κ3) is 2.85. The molecule has 0 saturated carbocycles. The summed E-state index contributed by atoms with van der Waals surface area (Å²) in [6, 6.07) is 7.83. The summed E-state index contributed by atoms with van der Waals surface area (Å²) in [5.74, 6) is -0.000898. The van der Waals surface area contributed by atoms with Gasteiger partial charge in [0.25, 0.3) is 0 Å². The molecule has 2 aromatic rings. The highest BCUT2D eigenvalue weighted by Gasteiger charge is 2.10. The number of nitrogens with zero attached hydrogens (tertiary/aromatic N) is 2. The number of benzene rings is 1. The normalized spacial score (nSPS) is 12.6. The highest BCUT2D eigenvalue weighted by Crippen LogP contribution is 2.14. The second-order valence-corrected chi connectivity index (χ2v) is 5.49. The topological polar surface area (TPSA) is 34.9 Å². The minimum Gasteiger partial charge on any atom is -0.269 e. The minimum atomic E-state index is -1.24. The highest BCUT2D eigenvalue weighted by atomic mass is 32.2. The number of rotatable bonds is 4. The van der Waals surface area contributed by atoms with Gasteiger partial charge in [-0.2, -0.15) is 5.10 Å². The molecular weight excluding hydrogens is 251 g/mol. The molecule has 0 fully saturated rings. The SMILES string of the molecule is CCn1nc(C)cc1CS(=O)c1cccc(F)c1. The average Bonchev–Trinajstić information content (AvgIpc) is 2.69. The Balaban J connectivity index is 2.21. The molecule has 18 heavy (non-hydrogen) atoms. The Morgan fingerprint density at radius 2 is 2.17 bits per heavy atom. The first-order valence-electron chi connectivity index (χ1n) is 5.77. The quantitative estimate of drug-likeness (QED) is 0.852. The van der Waals surface area contributed by atoms with E-state index in [0.717, 1.165) is 17.9 Å². The third-order valence-corrected chi connectivity index (χ3v) is 3.96. The van der Waals surface area contributed by atoms with Gasteiger partial charge in [-0.05, 0) is 38.1 Å². The zero-order chi connectivity index (χ0) is 13.1. The van der Waals surface area contributed by atoms with Crippen LogP contribution < -0.4 is 0 Å². The predicted octanol–water partition coefficient (Wildman–Crippen LogP) is 2.66. The highest BCUT2D eigenvalue weighted by molar-refractivity contribution is 7.84. The lowest BCUT2D eigenvalue weighted by Crippen LogP contribution is -2.06. The molecular formula is C13H15FN2OS. The minimum absolute atomic E-state index is 0.359. The Morgan fingerprint density at radius 3 is 2.83 bits per heavy atom. The average molecular weight is 266 g/mol. The summed E-state index contributed by atoms with van der Waals surface area (Å²) in [4.78, 5) is 0.511. The van der Waals surface area contributed by atoms with Crippen LogP contribution in [0.2, 0.25) is 0 Å². The van der Waals surface area contributed by atoms with Crippen LogP contribution in [-0.4, -0.2) is 14.0 Å². The van der Waals surface area contributed by atoms with Gasteiger partial charge in [-0.15, -0.1) is 0 Å². The monoisotopic (exact) mass is 266 g/mol. The zero-order valence-electron chi connectivity index (χ0n) is 10.4. The standard InChI is InChI=1S/C13H15FN2OS/c1-3-16-12(7-10(2)15-16)9-18(17)13-6-4-5-11(14)8-13/h4-8H,3,9H2,1-2H3. The molecule has 5 heteroatoms. The van der Waals surface area contributed by atoms with Crippen LogP contribution in [0.4, 0.5) is 4.39 Å². The lowest BCUT2D eigenvalue weighted by Gasteiger charge is -2.05. The van der Waals surface area contributed by atoms with E-state index in [1.54, 1.807) is 12.1 Å². The molecule has 1 aromatic heterocycles. The van der Waals surface area contributed by atoms with Crippen molar-refractivity contribution in [2.75, 3.05) is 0 Å². The molecule has 0 spiro atoms. The Labute approximate surface area is 108 Å². The molecule has 3 nitrogen and oxygen atoms in total. The first kappa shape index (κ1) is 13.0. The molecule has 96 valence electrons. The van der Waals surface area contributed by atoms with Crippen molar-refractivity contribution in [1.82, 2.24) is 9.78 Å². The molecule has 0 aliphatic rings. The Kier molecular flexibility index (Phi) is 3.91. The van der Waals surface area contributed by atoms with Crippen molar-refractivity contribution in [3.63, 3.8) is 0 Å². The van der Waals surface area contributed by atoms with E-state index in [0.29, 0.717) is 10.6 Å². The van der Waals surface area contributed by atoms with Crippen LogP contribution in [0, 0.1) is 12.7 Å². The van der Waals surface area contributed by atoms with Gasteiger partial charge in [-0.3, -0.25) is 8.89 Å². The number of hydrogen-bond acceptors (Lipinski definition) is 2. The van der Waals surface area contributed by atoms with Crippen LogP contribution in [0.5, 0.6) is 0 Å². The Bertz CT molecular complexity index is 580. The zero-order valence-corrected chi connectivity index (χ0v) is 11.2. The largest absolute Gasteiger partial charge is 0.269 e. The maximum Gasteiger partial charge on any atom is 0.124 e. The van der Waals surface area contributed by atoms with Crippen molar-refractivity contribution in [3.05, 3.63) is 47.5 Å². The summed E-state index contributed by atoms with van der Waals surface area (Å²) in [5.41, 5.74) is 1.82. The molecule has 1 unspecified atom stereocenters. The first-order chi connectivity index (χ1) is 8.60. The summed E-state index contributed by atoms with van der Waals surface area (Å²) in [7, 11) is -1.24. The third-order valence-electron chi connectivity index (χ3n) is 2.62. The molecule has 1 atom stereocenters. The number of hydrogen-bond donors (Lipinski definition) is 0. The lowest BCUT2D eigenvalue weighted by molar-refractivity contribution is 0.620. The van der Waals surface area contributed by atoms with E-state index in [2.05, 4.69) is 5.10 Å². The van der Waals surface area contributed by atoms with Crippen LogP contribution in [0.25, 0.3) is 0 Å². The van der Waals surface area contributed by atoms with E-state index in [4.69, 9.17) is 0 Å². The van der Waals surface area contributed by atoms with Crippen molar-refractivity contribution < 1.29 is 8.60 Å². The van der Waals surface area contributed by atoms with Crippen LogP contribution >= 0.6 is 0 Å². The van der Waals surface area contributed by atoms with Crippen LogP contribution in [0.1, 0.15) is 18.3 Å². The van der Waals surface area contributed by atoms with Crippen molar-refractivity contribution in [2.24, 2.45) is 0 Å². The summed E-state index contributed by atoms with van der Waals surface area (Å²) in [6.07, 6.45) is 0. The van der Waals surface area contributed by atoms with E-state index >= 15 is 0 Å². The Morgan fingerprint density at radius 1 is 1.39 bits per heavy atom. The molecule has 0 bridgehead atoms. The lowest BCUT2D eigenvalue weighted by atomic mass is 10.3. The summed E-state index contributed by atoms with van der Waals surface area (Å²) in [5, 5.41) is 4.30. The fraction of sp³-hybridized carbons (Fsp3) is 0.308. The van der Waals surface area contributed by atoms with Crippen LogP contribution in [0.3, 0.4) is 0 Å². The second-order valence-electron chi connectivity index (χ2n) is 4.04. The van der Waals surface area contributed by atoms with Gasteiger partial charge in [0.15, 0.2) is 0 Å². The van der Waals surface area contributed by atoms with Gasteiger partial charge < -0.3 is 0 Å². The fourth-order valence-electron chi connectivity index (χ4n) is 1.82. The van der Waals surface area contributed by atoms with Crippen molar-refractivity contribution >= 4 is 10.8 Å². The van der Waals surface area contributed by atoms with Gasteiger partial charge in [-0.1, -0.05) is 6.07 Å². The maximum absolute atomic E-state index is 13.1. The van der Waals surface area contributed by atoms with E-state index < -0.39 is 10.8 Å². The van der Waals surface area contributed by atoms with E-state index in [1.165, 1.54) is 12.1 Å². The van der Waals surface area contributed by atoms with E-state index in [9.17, 15) is 8.60 Å². The Hall–Kier alpha value is -1.49.